The molecule has 0 aliphatic carbocycles. The Kier molecular flexibility index (Phi) is 5.73. The van der Waals surface area contributed by atoms with Crippen molar-refractivity contribution in [3.63, 3.8) is 0 Å². The van der Waals surface area contributed by atoms with Crippen LogP contribution >= 0.6 is 8.03 Å². The molecule has 2 atom stereocenters. The Morgan fingerprint density at radius 2 is 1.23 bits per heavy atom. The molecule has 0 heterocycles. The first-order valence-electron chi connectivity index (χ1n) is 7.05. The van der Waals surface area contributed by atoms with Gasteiger partial charge in [0.05, 0.1) is 0 Å². The summed E-state index contributed by atoms with van der Waals surface area (Å²) in [6.45, 7) is 0. The van der Waals surface area contributed by atoms with Crippen molar-refractivity contribution in [2.24, 2.45) is 0 Å². The molecule has 0 aromatic heterocycles. The molecule has 2 aromatic rings. The fourth-order valence-electron chi connectivity index (χ4n) is 2.02. The van der Waals surface area contributed by atoms with E-state index in [9.17, 15) is 35.3 Å². The zero-order valence-corrected chi connectivity index (χ0v) is 13.7. The molecule has 0 aliphatic heterocycles. The smallest absolute Gasteiger partial charge is 0.196 e. The lowest BCUT2D eigenvalue weighted by Gasteiger charge is -2.31. The fraction of sp³-hybridized carbons (Fsp3) is 0.250. The van der Waals surface area contributed by atoms with Crippen molar-refractivity contribution >= 4 is 13.3 Å². The van der Waals surface area contributed by atoms with Crippen LogP contribution in [0.15, 0.2) is 60.7 Å². The Balaban J connectivity index is 2.47. The summed E-state index contributed by atoms with van der Waals surface area (Å²) in [5.74, 6) is -12.1. The van der Waals surface area contributed by atoms with Crippen molar-refractivity contribution in [2.75, 3.05) is 0 Å². The number of alkyl halides is 7. The van der Waals surface area contributed by atoms with E-state index in [0.717, 1.165) is 24.3 Å². The lowest BCUT2D eigenvalue weighted by molar-refractivity contribution is -0.369. The average molecular weight is 399 g/mol. The highest BCUT2D eigenvalue weighted by atomic mass is 31.1. The van der Waals surface area contributed by atoms with Gasteiger partial charge < -0.3 is 0 Å². The van der Waals surface area contributed by atoms with Gasteiger partial charge in [-0.05, 0) is 22.3 Å². The fourth-order valence-corrected chi connectivity index (χ4v) is 3.01. The van der Waals surface area contributed by atoms with E-state index < -0.39 is 37.7 Å². The van der Waals surface area contributed by atoms with E-state index in [1.165, 1.54) is 36.4 Å². The van der Waals surface area contributed by atoms with Gasteiger partial charge in [0, 0.05) is 0 Å². The monoisotopic (exact) mass is 399 g/mol. The van der Waals surface area contributed by atoms with Crippen molar-refractivity contribution in [2.45, 2.75) is 24.1 Å². The molecule has 2 rings (SSSR count). The van der Waals surface area contributed by atoms with Crippen LogP contribution in [-0.2, 0) is 9.09 Å². The SMILES string of the molecule is O=[P+](OC(c1ccccc1)C(F)(F)C(F)(F)C(F)(F)F)c1ccccc1. The minimum absolute atomic E-state index is 0.130. The minimum Gasteiger partial charge on any atom is -0.196 e. The normalized spacial score (nSPS) is 14.8. The van der Waals surface area contributed by atoms with Crippen molar-refractivity contribution in [3.05, 3.63) is 66.2 Å². The Labute approximate surface area is 144 Å². The second kappa shape index (κ2) is 7.32. The molecule has 0 amide bonds. The summed E-state index contributed by atoms with van der Waals surface area (Å²) in [5, 5.41) is -0.130. The number of halogens is 7. The molecule has 2 nitrogen and oxygen atoms in total. The van der Waals surface area contributed by atoms with Crippen molar-refractivity contribution in [1.29, 1.82) is 0 Å². The number of rotatable bonds is 6. The average Bonchev–Trinajstić information content (AvgIpc) is 2.59. The van der Waals surface area contributed by atoms with Crippen LogP contribution in [0.5, 0.6) is 0 Å². The molecule has 0 fully saturated rings. The first-order valence-corrected chi connectivity index (χ1v) is 8.22. The van der Waals surface area contributed by atoms with Crippen LogP contribution in [0.1, 0.15) is 11.7 Å². The zero-order valence-electron chi connectivity index (χ0n) is 12.8. The zero-order chi connectivity index (χ0) is 19.6. The molecular formula is C16H11F7O2P+. The Morgan fingerprint density at radius 1 is 0.769 bits per heavy atom. The van der Waals surface area contributed by atoms with E-state index in [0.29, 0.717) is 0 Å². The first-order chi connectivity index (χ1) is 12.0. The summed E-state index contributed by atoms with van der Waals surface area (Å²) in [6.07, 6.45) is -9.60. The molecule has 0 bridgehead atoms. The van der Waals surface area contributed by atoms with Gasteiger partial charge in [-0.15, -0.1) is 4.52 Å². The second-order valence-corrected chi connectivity index (χ2v) is 6.43. The highest BCUT2D eigenvalue weighted by Gasteiger charge is 2.77. The largest absolute Gasteiger partial charge is 0.549 e. The van der Waals surface area contributed by atoms with Crippen molar-refractivity contribution < 1.29 is 39.8 Å². The minimum atomic E-state index is -6.52. The maximum Gasteiger partial charge on any atom is 0.549 e. The van der Waals surface area contributed by atoms with Gasteiger partial charge in [0.1, 0.15) is 0 Å². The highest BCUT2D eigenvalue weighted by molar-refractivity contribution is 7.48. The van der Waals surface area contributed by atoms with E-state index in [2.05, 4.69) is 4.52 Å². The molecule has 10 heteroatoms. The number of hydrogen-bond donors (Lipinski definition) is 0. The number of hydrogen-bond acceptors (Lipinski definition) is 2. The molecule has 0 radical (unpaired) electrons. The quantitative estimate of drug-likeness (QED) is 0.464. The standard InChI is InChI=1S/C16H11F7O2P/c17-14(18,15(19,20)16(21,22)23)13(11-7-3-1-4-8-11)25-26(24)12-9-5-2-6-10-12/h1-10,13H/q+1. The molecule has 26 heavy (non-hydrogen) atoms. The molecule has 2 unspecified atom stereocenters. The highest BCUT2D eigenvalue weighted by Crippen LogP contribution is 2.54. The van der Waals surface area contributed by atoms with Gasteiger partial charge in [0.15, 0.2) is 0 Å². The third-order valence-electron chi connectivity index (χ3n) is 3.37. The predicted molar refractivity (Wildman–Crippen MR) is 79.9 cm³/mol. The van der Waals surface area contributed by atoms with E-state index >= 15 is 0 Å². The van der Waals surface area contributed by atoms with E-state index in [1.807, 2.05) is 0 Å². The first kappa shape index (κ1) is 20.3. The lowest BCUT2D eigenvalue weighted by Crippen LogP contribution is -2.55. The van der Waals surface area contributed by atoms with E-state index in [4.69, 9.17) is 0 Å². The van der Waals surface area contributed by atoms with Crippen molar-refractivity contribution in [3.8, 4) is 0 Å². The van der Waals surface area contributed by atoms with Gasteiger partial charge in [0.25, 0.3) is 0 Å². The van der Waals surface area contributed by atoms with Gasteiger partial charge in [-0.1, -0.05) is 48.5 Å². The Morgan fingerprint density at radius 3 is 1.69 bits per heavy atom. The van der Waals surface area contributed by atoms with Gasteiger partial charge in [-0.2, -0.15) is 30.7 Å². The Bertz CT molecular complexity index is 748. The van der Waals surface area contributed by atoms with Crippen LogP contribution in [0, 0.1) is 0 Å². The third-order valence-corrected chi connectivity index (χ3v) is 4.50. The molecule has 0 N–H and O–H groups in total. The third kappa shape index (κ3) is 3.88. The van der Waals surface area contributed by atoms with Gasteiger partial charge >= 0.3 is 26.0 Å². The van der Waals surface area contributed by atoms with Crippen LogP contribution in [0.2, 0.25) is 0 Å². The molecule has 0 saturated heterocycles. The molecule has 0 spiro atoms. The Hall–Kier alpha value is -1.99. The summed E-state index contributed by atoms with van der Waals surface area (Å²) < 4.78 is 109. The second-order valence-electron chi connectivity index (χ2n) is 5.18. The molecule has 0 saturated carbocycles. The van der Waals surface area contributed by atoms with Crippen molar-refractivity contribution in [1.82, 2.24) is 0 Å². The van der Waals surface area contributed by atoms with Crippen LogP contribution in [0.4, 0.5) is 30.7 Å². The van der Waals surface area contributed by atoms with Gasteiger partial charge in [-0.3, -0.25) is 0 Å². The summed E-state index contributed by atoms with van der Waals surface area (Å²) in [7, 11) is -3.12. The predicted octanol–water partition coefficient (Wildman–Crippen LogP) is 5.65. The summed E-state index contributed by atoms with van der Waals surface area (Å²) in [4.78, 5) is 0. The van der Waals surface area contributed by atoms with E-state index in [1.54, 1.807) is 0 Å². The molecular weight excluding hydrogens is 388 g/mol. The van der Waals surface area contributed by atoms with Crippen LogP contribution in [0.25, 0.3) is 0 Å². The topological polar surface area (TPSA) is 26.3 Å². The summed E-state index contributed by atoms with van der Waals surface area (Å²) in [5.41, 5.74) is -0.666. The van der Waals surface area contributed by atoms with Gasteiger partial charge in [-0.25, -0.2) is 0 Å². The summed E-state index contributed by atoms with van der Waals surface area (Å²) in [6, 6.07) is 12.1. The van der Waals surface area contributed by atoms with Crippen LogP contribution in [0.3, 0.4) is 0 Å². The maximum atomic E-state index is 14.2. The molecule has 2 aromatic carbocycles. The van der Waals surface area contributed by atoms with Gasteiger partial charge in [0.2, 0.25) is 11.4 Å². The lowest BCUT2D eigenvalue weighted by atomic mass is 9.98. The maximum absolute atomic E-state index is 14.2. The number of benzene rings is 2. The molecule has 0 aliphatic rings. The van der Waals surface area contributed by atoms with Crippen LogP contribution in [-0.4, -0.2) is 18.0 Å². The summed E-state index contributed by atoms with van der Waals surface area (Å²) >= 11 is 0. The molecule has 140 valence electrons. The van der Waals surface area contributed by atoms with Crippen LogP contribution < -0.4 is 5.30 Å². The van der Waals surface area contributed by atoms with E-state index in [-0.39, 0.29) is 5.30 Å².